The maximum atomic E-state index is 4.48. The Kier molecular flexibility index (Phi) is 3.28. The highest BCUT2D eigenvalue weighted by molar-refractivity contribution is 5.57. The summed E-state index contributed by atoms with van der Waals surface area (Å²) in [5, 5.41) is 8.05. The summed E-state index contributed by atoms with van der Waals surface area (Å²) in [5.74, 6) is 0.460. The van der Waals surface area contributed by atoms with Crippen LogP contribution in [0, 0.1) is 0 Å². The standard InChI is InChI=1S/C16H21N3/c1-3-10-19-16(8-9-17-19)14-11-12(2)18-15-7-5-4-6-13(14)15/h4-9,12,14,18H,3,10-11H2,1-2H3. The van der Waals surface area contributed by atoms with E-state index in [1.54, 1.807) is 0 Å². The van der Waals surface area contributed by atoms with E-state index in [-0.39, 0.29) is 0 Å². The summed E-state index contributed by atoms with van der Waals surface area (Å²) in [6.45, 7) is 5.46. The van der Waals surface area contributed by atoms with Crippen LogP contribution in [0.15, 0.2) is 36.5 Å². The van der Waals surface area contributed by atoms with Gasteiger partial charge in [0, 0.05) is 36.1 Å². The number of para-hydroxylation sites is 1. The van der Waals surface area contributed by atoms with Gasteiger partial charge in [0.05, 0.1) is 0 Å². The molecule has 1 aliphatic heterocycles. The van der Waals surface area contributed by atoms with E-state index >= 15 is 0 Å². The second-order valence-electron chi connectivity index (χ2n) is 5.40. The van der Waals surface area contributed by atoms with Crippen molar-refractivity contribution in [2.45, 2.75) is 45.2 Å². The van der Waals surface area contributed by atoms with Gasteiger partial charge in [-0.15, -0.1) is 0 Å². The van der Waals surface area contributed by atoms with Crippen LogP contribution < -0.4 is 5.32 Å². The van der Waals surface area contributed by atoms with Crippen molar-refractivity contribution < 1.29 is 0 Å². The first kappa shape index (κ1) is 12.3. The van der Waals surface area contributed by atoms with E-state index in [2.05, 4.69) is 59.3 Å². The minimum Gasteiger partial charge on any atom is -0.382 e. The smallest absolute Gasteiger partial charge is 0.0492 e. The lowest BCUT2D eigenvalue weighted by Gasteiger charge is -2.31. The first-order chi connectivity index (χ1) is 9.29. The van der Waals surface area contributed by atoms with Crippen molar-refractivity contribution in [3.63, 3.8) is 0 Å². The Labute approximate surface area is 114 Å². The molecule has 0 aliphatic carbocycles. The van der Waals surface area contributed by atoms with Crippen molar-refractivity contribution in [2.75, 3.05) is 5.32 Å². The van der Waals surface area contributed by atoms with E-state index in [0.29, 0.717) is 12.0 Å². The molecule has 2 unspecified atom stereocenters. The van der Waals surface area contributed by atoms with Crippen LogP contribution in [0.2, 0.25) is 0 Å². The number of aryl methyl sites for hydroxylation is 1. The lowest BCUT2D eigenvalue weighted by atomic mass is 9.85. The summed E-state index contributed by atoms with van der Waals surface area (Å²) >= 11 is 0. The lowest BCUT2D eigenvalue weighted by Crippen LogP contribution is -2.27. The third-order valence-electron chi connectivity index (χ3n) is 3.87. The number of nitrogens with one attached hydrogen (secondary N) is 1. The largest absolute Gasteiger partial charge is 0.382 e. The van der Waals surface area contributed by atoms with Crippen LogP contribution in [0.4, 0.5) is 5.69 Å². The predicted molar refractivity (Wildman–Crippen MR) is 78.5 cm³/mol. The quantitative estimate of drug-likeness (QED) is 0.907. The zero-order chi connectivity index (χ0) is 13.2. The first-order valence-corrected chi connectivity index (χ1v) is 7.16. The van der Waals surface area contributed by atoms with Gasteiger partial charge in [-0.25, -0.2) is 0 Å². The van der Waals surface area contributed by atoms with Crippen LogP contribution in [0.25, 0.3) is 0 Å². The zero-order valence-corrected chi connectivity index (χ0v) is 11.6. The van der Waals surface area contributed by atoms with Crippen molar-refractivity contribution in [3.05, 3.63) is 47.8 Å². The van der Waals surface area contributed by atoms with Crippen molar-refractivity contribution in [3.8, 4) is 0 Å². The number of rotatable bonds is 3. The summed E-state index contributed by atoms with van der Waals surface area (Å²) in [6, 6.07) is 11.3. The van der Waals surface area contributed by atoms with Gasteiger partial charge in [0.25, 0.3) is 0 Å². The highest BCUT2D eigenvalue weighted by atomic mass is 15.3. The second-order valence-corrected chi connectivity index (χ2v) is 5.40. The molecule has 100 valence electrons. The molecule has 2 aromatic rings. The van der Waals surface area contributed by atoms with E-state index in [4.69, 9.17) is 0 Å². The molecule has 1 N–H and O–H groups in total. The van der Waals surface area contributed by atoms with Crippen LogP contribution >= 0.6 is 0 Å². The minimum atomic E-state index is 0.460. The highest BCUT2D eigenvalue weighted by Crippen LogP contribution is 2.38. The Hall–Kier alpha value is -1.77. The van der Waals surface area contributed by atoms with Gasteiger partial charge >= 0.3 is 0 Å². The second kappa shape index (κ2) is 5.08. The first-order valence-electron chi connectivity index (χ1n) is 7.16. The molecule has 0 bridgehead atoms. The summed E-state index contributed by atoms with van der Waals surface area (Å²) in [4.78, 5) is 0. The molecule has 0 saturated carbocycles. The van der Waals surface area contributed by atoms with Gasteiger partial charge < -0.3 is 5.32 Å². The predicted octanol–water partition coefficient (Wildman–Crippen LogP) is 3.63. The molecule has 1 aliphatic rings. The molecule has 3 rings (SSSR count). The van der Waals surface area contributed by atoms with Gasteiger partial charge in [-0.05, 0) is 37.5 Å². The highest BCUT2D eigenvalue weighted by Gasteiger charge is 2.27. The Morgan fingerprint density at radius 3 is 3.00 bits per heavy atom. The number of fused-ring (bicyclic) bond motifs is 1. The Bertz CT molecular complexity index is 559. The Morgan fingerprint density at radius 1 is 1.32 bits per heavy atom. The van der Waals surface area contributed by atoms with Crippen LogP contribution in [-0.2, 0) is 6.54 Å². The van der Waals surface area contributed by atoms with Crippen molar-refractivity contribution >= 4 is 5.69 Å². The van der Waals surface area contributed by atoms with Gasteiger partial charge in [0.1, 0.15) is 0 Å². The van der Waals surface area contributed by atoms with Crippen LogP contribution in [0.3, 0.4) is 0 Å². The Balaban J connectivity index is 2.02. The molecule has 3 nitrogen and oxygen atoms in total. The molecule has 1 aromatic heterocycles. The normalized spacial score (nSPS) is 21.8. The lowest BCUT2D eigenvalue weighted by molar-refractivity contribution is 0.523. The average Bonchev–Trinajstić information content (AvgIpc) is 2.86. The number of nitrogens with zero attached hydrogens (tertiary/aromatic N) is 2. The van der Waals surface area contributed by atoms with Gasteiger partial charge in [-0.3, -0.25) is 4.68 Å². The SMILES string of the molecule is CCCn1nccc1C1CC(C)Nc2ccccc21. The molecule has 3 heteroatoms. The summed E-state index contributed by atoms with van der Waals surface area (Å²) in [7, 11) is 0. The minimum absolute atomic E-state index is 0.460. The van der Waals surface area contributed by atoms with E-state index in [1.165, 1.54) is 16.9 Å². The van der Waals surface area contributed by atoms with Gasteiger partial charge in [-0.2, -0.15) is 5.10 Å². The molecular formula is C16H21N3. The molecule has 2 heterocycles. The number of anilines is 1. The maximum absolute atomic E-state index is 4.48. The van der Waals surface area contributed by atoms with Crippen LogP contribution in [0.1, 0.15) is 43.9 Å². The van der Waals surface area contributed by atoms with E-state index in [1.807, 2.05) is 6.20 Å². The fourth-order valence-electron chi connectivity index (χ4n) is 3.05. The van der Waals surface area contributed by atoms with Gasteiger partial charge in [0.15, 0.2) is 0 Å². The topological polar surface area (TPSA) is 29.9 Å². The molecular weight excluding hydrogens is 234 g/mol. The van der Waals surface area contributed by atoms with Gasteiger partial charge in [-0.1, -0.05) is 25.1 Å². The van der Waals surface area contributed by atoms with Crippen molar-refractivity contribution in [1.82, 2.24) is 9.78 Å². The van der Waals surface area contributed by atoms with Crippen molar-refractivity contribution in [1.29, 1.82) is 0 Å². The summed E-state index contributed by atoms with van der Waals surface area (Å²) in [6.07, 6.45) is 4.18. The van der Waals surface area contributed by atoms with E-state index < -0.39 is 0 Å². The number of hydrogen-bond acceptors (Lipinski definition) is 2. The average molecular weight is 255 g/mol. The van der Waals surface area contributed by atoms with E-state index in [9.17, 15) is 0 Å². The number of benzene rings is 1. The fraction of sp³-hybridized carbons (Fsp3) is 0.438. The summed E-state index contributed by atoms with van der Waals surface area (Å²) < 4.78 is 2.17. The summed E-state index contributed by atoms with van der Waals surface area (Å²) in [5.41, 5.74) is 4.02. The fourth-order valence-corrected chi connectivity index (χ4v) is 3.05. The number of hydrogen-bond donors (Lipinski definition) is 1. The molecule has 2 atom stereocenters. The third-order valence-corrected chi connectivity index (χ3v) is 3.87. The maximum Gasteiger partial charge on any atom is 0.0492 e. The number of aromatic nitrogens is 2. The Morgan fingerprint density at radius 2 is 2.16 bits per heavy atom. The van der Waals surface area contributed by atoms with Crippen molar-refractivity contribution in [2.24, 2.45) is 0 Å². The van der Waals surface area contributed by atoms with Crippen LogP contribution in [0.5, 0.6) is 0 Å². The molecule has 0 spiro atoms. The molecule has 0 amide bonds. The molecule has 1 aromatic carbocycles. The molecule has 0 saturated heterocycles. The van der Waals surface area contributed by atoms with E-state index in [0.717, 1.165) is 19.4 Å². The molecule has 19 heavy (non-hydrogen) atoms. The zero-order valence-electron chi connectivity index (χ0n) is 11.6. The van der Waals surface area contributed by atoms with Gasteiger partial charge in [0.2, 0.25) is 0 Å². The van der Waals surface area contributed by atoms with Crippen LogP contribution in [-0.4, -0.2) is 15.8 Å². The molecule has 0 fully saturated rings. The monoisotopic (exact) mass is 255 g/mol. The molecule has 0 radical (unpaired) electrons. The third kappa shape index (κ3) is 2.25.